The second-order valence-electron chi connectivity index (χ2n) is 7.27. The Bertz CT molecular complexity index is 783. The van der Waals surface area contributed by atoms with Crippen LogP contribution < -0.4 is 10.6 Å². The minimum Gasteiger partial charge on any atom is -0.357 e. The van der Waals surface area contributed by atoms with Gasteiger partial charge in [0, 0.05) is 31.6 Å². The second-order valence-corrected chi connectivity index (χ2v) is 7.27. The number of hydrogen-bond acceptors (Lipinski definition) is 4. The molecule has 8 nitrogen and oxygen atoms in total. The summed E-state index contributed by atoms with van der Waals surface area (Å²) in [5, 5.41) is 10.9. The summed E-state index contributed by atoms with van der Waals surface area (Å²) in [5.74, 6) is 1.05. The van der Waals surface area contributed by atoms with Crippen molar-refractivity contribution >= 4 is 11.9 Å². The van der Waals surface area contributed by atoms with Gasteiger partial charge in [0.1, 0.15) is 12.7 Å². The van der Waals surface area contributed by atoms with Gasteiger partial charge >= 0.3 is 0 Å². The van der Waals surface area contributed by atoms with Crippen molar-refractivity contribution < 1.29 is 4.79 Å². The highest BCUT2D eigenvalue weighted by Crippen LogP contribution is 2.13. The van der Waals surface area contributed by atoms with Crippen molar-refractivity contribution in [2.24, 2.45) is 10.9 Å². The molecule has 0 bridgehead atoms. The number of rotatable bonds is 6. The van der Waals surface area contributed by atoms with E-state index in [1.54, 1.807) is 11.0 Å². The van der Waals surface area contributed by atoms with E-state index in [0.717, 1.165) is 43.3 Å². The molecule has 0 saturated carbocycles. The van der Waals surface area contributed by atoms with Crippen LogP contribution in [-0.4, -0.2) is 57.2 Å². The molecule has 2 heterocycles. The van der Waals surface area contributed by atoms with Crippen LogP contribution in [0.25, 0.3) is 5.69 Å². The molecule has 1 atom stereocenters. The molecule has 8 heteroatoms. The largest absolute Gasteiger partial charge is 0.357 e. The Morgan fingerprint density at radius 1 is 1.32 bits per heavy atom. The Kier molecular flexibility index (Phi) is 6.62. The molecule has 0 radical (unpaired) electrons. The summed E-state index contributed by atoms with van der Waals surface area (Å²) >= 11 is 0. The fourth-order valence-corrected chi connectivity index (χ4v) is 3.22. The number of likely N-dealkylation sites (tertiary alicyclic amines) is 1. The van der Waals surface area contributed by atoms with Gasteiger partial charge in [-0.05, 0) is 31.0 Å². The number of amides is 1. The van der Waals surface area contributed by atoms with Crippen molar-refractivity contribution in [3.8, 4) is 5.69 Å². The van der Waals surface area contributed by atoms with Gasteiger partial charge in [0.15, 0.2) is 5.96 Å². The number of carbonyl (C=O) groups is 1. The van der Waals surface area contributed by atoms with Crippen LogP contribution in [0.5, 0.6) is 0 Å². The van der Waals surface area contributed by atoms with Crippen molar-refractivity contribution in [2.75, 3.05) is 19.6 Å². The van der Waals surface area contributed by atoms with Gasteiger partial charge in [-0.15, -0.1) is 0 Å². The maximum atomic E-state index is 12.2. The van der Waals surface area contributed by atoms with Crippen LogP contribution in [0.3, 0.4) is 0 Å². The summed E-state index contributed by atoms with van der Waals surface area (Å²) in [7, 11) is 0. The third-order valence-electron chi connectivity index (χ3n) is 4.72. The number of nitrogens with one attached hydrogen (secondary N) is 2. The Morgan fingerprint density at radius 3 is 2.75 bits per heavy atom. The van der Waals surface area contributed by atoms with Crippen LogP contribution >= 0.6 is 0 Å². The Morgan fingerprint density at radius 2 is 2.11 bits per heavy atom. The van der Waals surface area contributed by atoms with Crippen molar-refractivity contribution in [3.63, 3.8) is 0 Å². The lowest BCUT2D eigenvalue weighted by Crippen LogP contribution is -2.45. The molecule has 1 amide bonds. The first kappa shape index (κ1) is 19.9. The lowest BCUT2D eigenvalue weighted by Gasteiger charge is -2.20. The van der Waals surface area contributed by atoms with Gasteiger partial charge in [-0.3, -0.25) is 4.79 Å². The Labute approximate surface area is 166 Å². The molecule has 1 fully saturated rings. The van der Waals surface area contributed by atoms with Crippen LogP contribution in [0.2, 0.25) is 0 Å². The number of nitrogens with zero attached hydrogens (tertiary/aromatic N) is 5. The Balaban J connectivity index is 1.58. The third-order valence-corrected chi connectivity index (χ3v) is 4.72. The zero-order chi connectivity index (χ0) is 19.9. The SMILES string of the molecule is CCNC(=NCc1ccc(-n2cncn2)cc1)NC1CCN(C(=O)C(C)C)C1. The number of guanidine groups is 1. The lowest BCUT2D eigenvalue weighted by atomic mass is 10.2. The minimum atomic E-state index is 0.0427. The molecular formula is C20H29N7O. The zero-order valence-electron chi connectivity index (χ0n) is 16.8. The smallest absolute Gasteiger partial charge is 0.225 e. The number of hydrogen-bond donors (Lipinski definition) is 2. The van der Waals surface area contributed by atoms with E-state index in [-0.39, 0.29) is 17.9 Å². The van der Waals surface area contributed by atoms with Crippen LogP contribution in [0, 0.1) is 5.92 Å². The standard InChI is InChI=1S/C20H29N7O/c1-4-22-20(25-17-9-10-26(12-17)19(28)15(2)3)23-11-16-5-7-18(8-6-16)27-14-21-13-24-27/h5-8,13-15,17H,4,9-12H2,1-3H3,(H2,22,23,25). The maximum Gasteiger partial charge on any atom is 0.225 e. The van der Waals surface area contributed by atoms with E-state index in [9.17, 15) is 4.79 Å². The highest BCUT2D eigenvalue weighted by Gasteiger charge is 2.27. The van der Waals surface area contributed by atoms with E-state index in [2.05, 4.69) is 20.7 Å². The molecule has 150 valence electrons. The number of aliphatic imine (C=N–C) groups is 1. The molecule has 2 N–H and O–H groups in total. The van der Waals surface area contributed by atoms with Gasteiger partial charge in [-0.25, -0.2) is 14.7 Å². The van der Waals surface area contributed by atoms with Crippen molar-refractivity contribution in [3.05, 3.63) is 42.5 Å². The molecular weight excluding hydrogens is 354 g/mol. The molecule has 1 aromatic carbocycles. The van der Waals surface area contributed by atoms with E-state index in [1.807, 2.05) is 49.9 Å². The van der Waals surface area contributed by atoms with E-state index in [4.69, 9.17) is 4.99 Å². The Hall–Kier alpha value is -2.90. The van der Waals surface area contributed by atoms with Crippen LogP contribution in [-0.2, 0) is 11.3 Å². The summed E-state index contributed by atoms with van der Waals surface area (Å²) < 4.78 is 1.73. The molecule has 3 rings (SSSR count). The summed E-state index contributed by atoms with van der Waals surface area (Å²) in [6.45, 7) is 8.84. The third kappa shape index (κ3) is 5.09. The predicted octanol–water partition coefficient (Wildman–Crippen LogP) is 1.58. The molecule has 1 saturated heterocycles. The van der Waals surface area contributed by atoms with Gasteiger partial charge in [-0.1, -0.05) is 26.0 Å². The fraction of sp³-hybridized carbons (Fsp3) is 0.500. The van der Waals surface area contributed by atoms with Gasteiger partial charge < -0.3 is 15.5 Å². The van der Waals surface area contributed by atoms with E-state index in [0.29, 0.717) is 6.54 Å². The first-order chi connectivity index (χ1) is 13.6. The molecule has 0 spiro atoms. The number of carbonyl (C=O) groups excluding carboxylic acids is 1. The highest BCUT2D eigenvalue weighted by atomic mass is 16.2. The normalized spacial score (nSPS) is 17.2. The molecule has 1 unspecified atom stereocenters. The van der Waals surface area contributed by atoms with Gasteiger partial charge in [0.25, 0.3) is 0 Å². The molecule has 1 aliphatic heterocycles. The van der Waals surface area contributed by atoms with Gasteiger partial charge in [0.2, 0.25) is 5.91 Å². The van der Waals surface area contributed by atoms with Gasteiger partial charge in [0.05, 0.1) is 12.2 Å². The molecule has 0 aliphatic carbocycles. The lowest BCUT2D eigenvalue weighted by molar-refractivity contribution is -0.133. The second kappa shape index (κ2) is 9.34. The van der Waals surface area contributed by atoms with Crippen molar-refractivity contribution in [1.29, 1.82) is 0 Å². The average Bonchev–Trinajstić information content (AvgIpc) is 3.38. The van der Waals surface area contributed by atoms with Crippen molar-refractivity contribution in [2.45, 2.75) is 39.8 Å². The summed E-state index contributed by atoms with van der Waals surface area (Å²) in [6.07, 6.45) is 4.14. The van der Waals surface area contributed by atoms with Gasteiger partial charge in [-0.2, -0.15) is 5.10 Å². The molecule has 1 aliphatic rings. The number of aromatic nitrogens is 3. The predicted molar refractivity (Wildman–Crippen MR) is 109 cm³/mol. The summed E-state index contributed by atoms with van der Waals surface area (Å²) in [6, 6.07) is 8.33. The first-order valence-corrected chi connectivity index (χ1v) is 9.84. The molecule has 28 heavy (non-hydrogen) atoms. The van der Waals surface area contributed by atoms with Crippen LogP contribution in [0.4, 0.5) is 0 Å². The van der Waals surface area contributed by atoms with E-state index >= 15 is 0 Å². The molecule has 1 aromatic heterocycles. The fourth-order valence-electron chi connectivity index (χ4n) is 3.22. The summed E-state index contributed by atoms with van der Waals surface area (Å²) in [4.78, 5) is 22.8. The van der Waals surface area contributed by atoms with Crippen LogP contribution in [0.1, 0.15) is 32.8 Å². The zero-order valence-corrected chi connectivity index (χ0v) is 16.8. The summed E-state index contributed by atoms with van der Waals surface area (Å²) in [5.41, 5.74) is 2.08. The maximum absolute atomic E-state index is 12.2. The van der Waals surface area contributed by atoms with Crippen LogP contribution in [0.15, 0.2) is 41.9 Å². The van der Waals surface area contributed by atoms with Crippen molar-refractivity contribution in [1.82, 2.24) is 30.3 Å². The number of benzene rings is 1. The van der Waals surface area contributed by atoms with E-state index < -0.39 is 0 Å². The average molecular weight is 384 g/mol. The highest BCUT2D eigenvalue weighted by molar-refractivity contribution is 5.81. The molecule has 2 aromatic rings. The minimum absolute atomic E-state index is 0.0427. The topological polar surface area (TPSA) is 87.4 Å². The van der Waals surface area contributed by atoms with E-state index in [1.165, 1.54) is 6.33 Å². The monoisotopic (exact) mass is 383 g/mol. The quantitative estimate of drug-likeness (QED) is 0.584. The first-order valence-electron chi connectivity index (χ1n) is 9.84.